The Kier molecular flexibility index (Phi) is 7.78. The number of rotatable bonds is 6. The Labute approximate surface area is 117 Å². The molecule has 0 spiro atoms. The smallest absolute Gasteiger partial charge is 0.108 e. The maximum Gasteiger partial charge on any atom is 0.108 e. The molecule has 0 aliphatic heterocycles. The Morgan fingerprint density at radius 1 is 1.29 bits per heavy atom. The summed E-state index contributed by atoms with van der Waals surface area (Å²) in [6, 6.07) is 8.23. The first-order chi connectivity index (χ1) is 8.34. The van der Waals surface area contributed by atoms with Crippen molar-refractivity contribution < 1.29 is 4.74 Å². The summed E-state index contributed by atoms with van der Waals surface area (Å²) in [6.07, 6.45) is 4.98. The highest BCUT2D eigenvalue weighted by Gasteiger charge is 1.96. The molecule has 0 heterocycles. The Morgan fingerprint density at radius 3 is 2.88 bits per heavy atom. The van der Waals surface area contributed by atoms with Gasteiger partial charge in [-0.25, -0.2) is 0 Å². The molecule has 0 atom stereocenters. The van der Waals surface area contributed by atoms with Gasteiger partial charge in [-0.3, -0.25) is 0 Å². The number of hydrogen-bond donors (Lipinski definition) is 0. The van der Waals surface area contributed by atoms with Crippen LogP contribution in [0.2, 0.25) is 0 Å². The molecule has 1 aromatic carbocycles. The minimum absolute atomic E-state index is 0.513. The summed E-state index contributed by atoms with van der Waals surface area (Å²) in [5.41, 5.74) is 1.22. The molecule has 0 fully saturated rings. The lowest BCUT2D eigenvalue weighted by atomic mass is 10.2. The van der Waals surface area contributed by atoms with Crippen molar-refractivity contribution >= 4 is 22.6 Å². The minimum atomic E-state index is 0.513. The largest absolute Gasteiger partial charge is 0.364 e. The van der Waals surface area contributed by atoms with Crippen molar-refractivity contribution in [1.29, 1.82) is 0 Å². The van der Waals surface area contributed by atoms with E-state index in [1.165, 1.54) is 9.13 Å². The normalized spacial score (nSPS) is 9.47. The molecule has 0 saturated heterocycles. The molecule has 1 aromatic rings. The maximum absolute atomic E-state index is 5.51. The molecule has 90 valence electrons. The predicted molar refractivity (Wildman–Crippen MR) is 80.6 cm³/mol. The fourth-order valence-electron chi connectivity index (χ4n) is 1.30. The lowest BCUT2D eigenvalue weighted by molar-refractivity contribution is 0.153. The number of halogens is 1. The van der Waals surface area contributed by atoms with E-state index in [4.69, 9.17) is 4.74 Å². The van der Waals surface area contributed by atoms with Crippen LogP contribution in [0.5, 0.6) is 0 Å². The lowest BCUT2D eigenvalue weighted by Crippen LogP contribution is -1.95. The van der Waals surface area contributed by atoms with E-state index < -0.39 is 0 Å². The number of ether oxygens (including phenoxy) is 1. The van der Waals surface area contributed by atoms with Crippen LogP contribution in [0.4, 0.5) is 0 Å². The summed E-state index contributed by atoms with van der Waals surface area (Å²) in [5.74, 6) is 6.12. The molecule has 1 nitrogen and oxygen atoms in total. The van der Waals surface area contributed by atoms with Crippen LogP contribution in [-0.4, -0.2) is 6.61 Å². The fourth-order valence-corrected chi connectivity index (χ4v) is 1.84. The molecule has 0 aromatic heterocycles. The van der Waals surface area contributed by atoms with Gasteiger partial charge in [0.05, 0.1) is 6.61 Å². The van der Waals surface area contributed by atoms with Crippen LogP contribution < -0.4 is 0 Å². The Bertz CT molecular complexity index is 401. The zero-order valence-corrected chi connectivity index (χ0v) is 12.1. The molecule has 0 N–H and O–H groups in total. The fraction of sp³-hybridized carbons (Fsp3) is 0.333. The molecular weight excluding hydrogens is 323 g/mol. The van der Waals surface area contributed by atoms with E-state index in [0.29, 0.717) is 13.2 Å². The average Bonchev–Trinajstić information content (AvgIpc) is 2.35. The van der Waals surface area contributed by atoms with Gasteiger partial charge in [0.15, 0.2) is 0 Å². The van der Waals surface area contributed by atoms with Crippen LogP contribution in [0.1, 0.15) is 24.8 Å². The Balaban J connectivity index is 2.16. The van der Waals surface area contributed by atoms with E-state index in [9.17, 15) is 0 Å². The lowest BCUT2D eigenvalue weighted by Gasteiger charge is -2.02. The van der Waals surface area contributed by atoms with Crippen LogP contribution in [0.3, 0.4) is 0 Å². The summed E-state index contributed by atoms with van der Waals surface area (Å²) < 4.78 is 6.75. The van der Waals surface area contributed by atoms with Gasteiger partial charge in [0.1, 0.15) is 6.61 Å². The summed E-state index contributed by atoms with van der Waals surface area (Å²) in [4.78, 5) is 0. The molecule has 1 rings (SSSR count). The van der Waals surface area contributed by atoms with Gasteiger partial charge in [-0.15, -0.1) is 12.5 Å². The van der Waals surface area contributed by atoms with Gasteiger partial charge in [0.25, 0.3) is 0 Å². The molecule has 0 aliphatic rings. The van der Waals surface area contributed by atoms with E-state index in [2.05, 4.69) is 53.1 Å². The topological polar surface area (TPSA) is 9.23 Å². The highest BCUT2D eigenvalue weighted by atomic mass is 127. The molecule has 0 bridgehead atoms. The van der Waals surface area contributed by atoms with Crippen molar-refractivity contribution in [2.75, 3.05) is 6.61 Å². The first kappa shape index (κ1) is 14.3. The zero-order valence-electron chi connectivity index (χ0n) is 9.92. The maximum atomic E-state index is 5.51. The second kappa shape index (κ2) is 9.26. The van der Waals surface area contributed by atoms with Crippen molar-refractivity contribution in [1.82, 2.24) is 0 Å². The monoisotopic (exact) mass is 340 g/mol. The summed E-state index contributed by atoms with van der Waals surface area (Å²) >= 11 is 2.32. The van der Waals surface area contributed by atoms with Crippen LogP contribution in [-0.2, 0) is 11.3 Å². The molecule has 0 radical (unpaired) electrons. The highest BCUT2D eigenvalue weighted by molar-refractivity contribution is 14.1. The molecular formula is C15H17IO. The van der Waals surface area contributed by atoms with Gasteiger partial charge in [0.2, 0.25) is 0 Å². The molecule has 2 heteroatoms. The molecule has 0 amide bonds. The number of hydrogen-bond acceptors (Lipinski definition) is 1. The highest BCUT2D eigenvalue weighted by Crippen LogP contribution is 2.11. The Hall–Kier alpha value is -0.790. The second-order valence-corrected chi connectivity index (χ2v) is 4.78. The molecule has 17 heavy (non-hydrogen) atoms. The van der Waals surface area contributed by atoms with Gasteiger partial charge >= 0.3 is 0 Å². The second-order valence-electron chi connectivity index (χ2n) is 3.62. The molecule has 0 unspecified atom stereocenters. The summed E-state index contributed by atoms with van der Waals surface area (Å²) in [5, 5.41) is 0. The van der Waals surface area contributed by atoms with Crippen LogP contribution in [0.25, 0.3) is 0 Å². The summed E-state index contributed by atoms with van der Waals surface area (Å²) in [7, 11) is 0. The number of unbranched alkanes of at least 4 members (excludes halogenated alkanes) is 2. The van der Waals surface area contributed by atoms with Gasteiger partial charge in [-0.05, 0) is 47.1 Å². The molecule has 0 saturated carbocycles. The van der Waals surface area contributed by atoms with Gasteiger partial charge in [-0.1, -0.05) is 30.2 Å². The quantitative estimate of drug-likeness (QED) is 0.327. The zero-order chi connectivity index (χ0) is 12.3. The van der Waals surface area contributed by atoms with E-state index in [1.54, 1.807) is 0 Å². The third-order valence-electron chi connectivity index (χ3n) is 2.22. The van der Waals surface area contributed by atoms with E-state index in [-0.39, 0.29) is 0 Å². The Morgan fingerprint density at radius 2 is 2.12 bits per heavy atom. The first-order valence-corrected chi connectivity index (χ1v) is 6.80. The van der Waals surface area contributed by atoms with E-state index in [0.717, 1.165) is 19.3 Å². The van der Waals surface area contributed by atoms with E-state index in [1.807, 2.05) is 18.2 Å². The number of allylic oxidation sites excluding steroid dienone is 1. The van der Waals surface area contributed by atoms with Crippen molar-refractivity contribution in [3.05, 3.63) is 46.1 Å². The third-order valence-corrected chi connectivity index (χ3v) is 3.28. The standard InChI is InChI=1S/C15H17IO/c1-2-3-4-5-6-9-12-17-13-14-10-7-8-11-15(14)16/h2,7-8,10-11H,1,3-5,12-13H2. The predicted octanol–water partition coefficient (Wildman–Crippen LogP) is 4.17. The third kappa shape index (κ3) is 6.50. The number of benzene rings is 1. The van der Waals surface area contributed by atoms with Crippen molar-refractivity contribution in [3.8, 4) is 11.8 Å². The minimum Gasteiger partial charge on any atom is -0.364 e. The summed E-state index contributed by atoms with van der Waals surface area (Å²) in [6.45, 7) is 4.83. The van der Waals surface area contributed by atoms with Crippen molar-refractivity contribution in [2.24, 2.45) is 0 Å². The van der Waals surface area contributed by atoms with Crippen LogP contribution >= 0.6 is 22.6 Å². The first-order valence-electron chi connectivity index (χ1n) is 5.72. The average molecular weight is 340 g/mol. The van der Waals surface area contributed by atoms with Crippen LogP contribution in [0, 0.1) is 15.4 Å². The van der Waals surface area contributed by atoms with Gasteiger partial charge in [-0.2, -0.15) is 0 Å². The van der Waals surface area contributed by atoms with Gasteiger partial charge in [0, 0.05) is 9.99 Å². The van der Waals surface area contributed by atoms with E-state index >= 15 is 0 Å². The van der Waals surface area contributed by atoms with Crippen molar-refractivity contribution in [2.45, 2.75) is 25.9 Å². The van der Waals surface area contributed by atoms with Crippen molar-refractivity contribution in [3.63, 3.8) is 0 Å². The SMILES string of the molecule is C=CCCCC#CCOCc1ccccc1I. The molecule has 0 aliphatic carbocycles. The van der Waals surface area contributed by atoms with Crippen LogP contribution in [0.15, 0.2) is 36.9 Å². The van der Waals surface area contributed by atoms with Gasteiger partial charge < -0.3 is 4.74 Å².